The Morgan fingerprint density at radius 1 is 1.53 bits per heavy atom. The Bertz CT molecular complexity index is 472. The predicted molar refractivity (Wildman–Crippen MR) is 73.3 cm³/mol. The zero-order chi connectivity index (χ0) is 14.0. The smallest absolute Gasteiger partial charge is 0.270 e. The van der Waals surface area contributed by atoms with E-state index >= 15 is 0 Å². The summed E-state index contributed by atoms with van der Waals surface area (Å²) in [6, 6.07) is 5.26. The van der Waals surface area contributed by atoms with Crippen LogP contribution in [0.5, 0.6) is 5.75 Å². The van der Waals surface area contributed by atoms with Crippen molar-refractivity contribution in [1.82, 2.24) is 4.90 Å². The molecule has 104 valence electrons. The monoisotopic (exact) mass is 264 g/mol. The Morgan fingerprint density at radius 2 is 2.21 bits per heavy atom. The average molecular weight is 264 g/mol. The highest BCUT2D eigenvalue weighted by atomic mass is 16.6. The maximum absolute atomic E-state index is 10.8. The van der Waals surface area contributed by atoms with E-state index in [1.54, 1.807) is 19.2 Å². The number of nitro benzene ring substituents is 1. The van der Waals surface area contributed by atoms with E-state index in [4.69, 9.17) is 4.74 Å². The fraction of sp³-hybridized carbons (Fsp3) is 0.571. The first-order chi connectivity index (χ1) is 9.02. The van der Waals surface area contributed by atoms with Crippen molar-refractivity contribution in [2.24, 2.45) is 5.92 Å². The van der Waals surface area contributed by atoms with Crippen LogP contribution in [0.15, 0.2) is 18.2 Å². The van der Waals surface area contributed by atoms with Crippen LogP contribution < -0.4 is 4.74 Å². The Kier molecular flexibility index (Phi) is 4.04. The molecule has 5 nitrogen and oxygen atoms in total. The highest BCUT2D eigenvalue weighted by Gasteiger charge is 2.30. The fourth-order valence-corrected chi connectivity index (χ4v) is 2.35. The lowest BCUT2D eigenvalue weighted by Gasteiger charge is -2.25. The summed E-state index contributed by atoms with van der Waals surface area (Å²) in [5.41, 5.74) is 0.981. The summed E-state index contributed by atoms with van der Waals surface area (Å²) in [5, 5.41) is 10.8. The fourth-order valence-electron chi connectivity index (χ4n) is 2.35. The number of nitrogens with zero attached hydrogens (tertiary/aromatic N) is 2. The van der Waals surface area contributed by atoms with Crippen molar-refractivity contribution in [3.8, 4) is 5.75 Å². The lowest BCUT2D eigenvalue weighted by Crippen LogP contribution is -2.30. The second-order valence-electron chi connectivity index (χ2n) is 5.25. The van der Waals surface area contributed by atoms with E-state index in [1.165, 1.54) is 18.9 Å². The van der Waals surface area contributed by atoms with Gasteiger partial charge in [0.2, 0.25) is 0 Å². The molecule has 0 N–H and O–H groups in total. The Balaban J connectivity index is 2.16. The summed E-state index contributed by atoms with van der Waals surface area (Å²) >= 11 is 0. The standard InChI is InChI=1S/C14H20N2O3/c1-10(11-4-5-11)15(2)9-12-8-13(16(17)18)6-7-14(12)19-3/h6-8,10-11H,4-5,9H2,1-3H3. The van der Waals surface area contributed by atoms with Gasteiger partial charge >= 0.3 is 0 Å². The Labute approximate surface area is 113 Å². The van der Waals surface area contributed by atoms with Crippen molar-refractivity contribution in [2.75, 3.05) is 14.2 Å². The van der Waals surface area contributed by atoms with Gasteiger partial charge in [-0.3, -0.25) is 15.0 Å². The molecule has 0 radical (unpaired) electrons. The minimum atomic E-state index is -0.368. The molecular weight excluding hydrogens is 244 g/mol. The van der Waals surface area contributed by atoms with Gasteiger partial charge in [0.25, 0.3) is 5.69 Å². The molecular formula is C14H20N2O3. The third-order valence-electron chi connectivity index (χ3n) is 3.89. The number of nitro groups is 1. The largest absolute Gasteiger partial charge is 0.496 e. The van der Waals surface area contributed by atoms with Gasteiger partial charge in [0.1, 0.15) is 5.75 Å². The zero-order valence-electron chi connectivity index (χ0n) is 11.6. The van der Waals surface area contributed by atoms with Gasteiger partial charge in [0, 0.05) is 30.3 Å². The molecule has 1 unspecified atom stereocenters. The first-order valence-electron chi connectivity index (χ1n) is 6.54. The number of methoxy groups -OCH3 is 1. The van der Waals surface area contributed by atoms with Crippen LogP contribution in [0.2, 0.25) is 0 Å². The number of hydrogen-bond acceptors (Lipinski definition) is 4. The highest BCUT2D eigenvalue weighted by Crippen LogP contribution is 2.35. The molecule has 0 aromatic heterocycles. The molecule has 1 aromatic rings. The molecule has 1 aliphatic rings. The first-order valence-corrected chi connectivity index (χ1v) is 6.54. The minimum Gasteiger partial charge on any atom is -0.496 e. The number of non-ortho nitro benzene ring substituents is 1. The molecule has 1 saturated carbocycles. The van der Waals surface area contributed by atoms with Gasteiger partial charge in [-0.1, -0.05) is 0 Å². The molecule has 19 heavy (non-hydrogen) atoms. The second kappa shape index (κ2) is 5.57. The van der Waals surface area contributed by atoms with E-state index in [0.29, 0.717) is 18.3 Å². The third kappa shape index (κ3) is 3.23. The Hall–Kier alpha value is -1.62. The number of hydrogen-bond donors (Lipinski definition) is 0. The molecule has 1 aliphatic carbocycles. The molecule has 0 bridgehead atoms. The van der Waals surface area contributed by atoms with Gasteiger partial charge in [-0.15, -0.1) is 0 Å². The van der Waals surface area contributed by atoms with E-state index in [0.717, 1.165) is 11.5 Å². The molecule has 0 heterocycles. The van der Waals surface area contributed by atoms with Crippen LogP contribution in [0.1, 0.15) is 25.3 Å². The van der Waals surface area contributed by atoms with Crippen molar-refractivity contribution >= 4 is 5.69 Å². The van der Waals surface area contributed by atoms with E-state index in [2.05, 4.69) is 18.9 Å². The summed E-state index contributed by atoms with van der Waals surface area (Å²) in [4.78, 5) is 12.7. The van der Waals surface area contributed by atoms with Gasteiger partial charge in [0.05, 0.1) is 12.0 Å². The lowest BCUT2D eigenvalue weighted by molar-refractivity contribution is -0.385. The molecule has 0 saturated heterocycles. The minimum absolute atomic E-state index is 0.114. The van der Waals surface area contributed by atoms with Crippen molar-refractivity contribution in [2.45, 2.75) is 32.4 Å². The first kappa shape index (κ1) is 13.8. The quantitative estimate of drug-likeness (QED) is 0.585. The number of benzene rings is 1. The topological polar surface area (TPSA) is 55.6 Å². The SMILES string of the molecule is COc1ccc([N+](=O)[O-])cc1CN(C)C(C)C1CC1. The van der Waals surface area contributed by atoms with Crippen LogP contribution in [-0.4, -0.2) is 30.0 Å². The van der Waals surface area contributed by atoms with E-state index in [1.807, 2.05) is 0 Å². The number of ether oxygens (including phenoxy) is 1. The summed E-state index contributed by atoms with van der Waals surface area (Å²) in [6.45, 7) is 2.88. The van der Waals surface area contributed by atoms with Gasteiger partial charge in [0.15, 0.2) is 0 Å². The van der Waals surface area contributed by atoms with Crippen molar-refractivity contribution in [1.29, 1.82) is 0 Å². The normalized spacial score (nSPS) is 16.4. The Morgan fingerprint density at radius 3 is 2.74 bits per heavy atom. The molecule has 0 aliphatic heterocycles. The van der Waals surface area contributed by atoms with E-state index < -0.39 is 0 Å². The lowest BCUT2D eigenvalue weighted by atomic mass is 10.1. The van der Waals surface area contributed by atoms with Gasteiger partial charge in [-0.2, -0.15) is 0 Å². The summed E-state index contributed by atoms with van der Waals surface area (Å²) in [7, 11) is 3.65. The van der Waals surface area contributed by atoms with Crippen LogP contribution in [0, 0.1) is 16.0 Å². The summed E-state index contributed by atoms with van der Waals surface area (Å²) < 4.78 is 5.29. The van der Waals surface area contributed by atoms with E-state index in [9.17, 15) is 10.1 Å². The van der Waals surface area contributed by atoms with Crippen molar-refractivity contribution in [3.05, 3.63) is 33.9 Å². The third-order valence-corrected chi connectivity index (χ3v) is 3.89. The zero-order valence-corrected chi connectivity index (χ0v) is 11.6. The maximum atomic E-state index is 10.8. The molecule has 5 heteroatoms. The van der Waals surface area contributed by atoms with Crippen LogP contribution in [0.3, 0.4) is 0 Å². The van der Waals surface area contributed by atoms with Crippen LogP contribution in [0.4, 0.5) is 5.69 Å². The molecule has 2 rings (SSSR count). The predicted octanol–water partition coefficient (Wildman–Crippen LogP) is 2.83. The van der Waals surface area contributed by atoms with Crippen molar-refractivity contribution < 1.29 is 9.66 Å². The van der Waals surface area contributed by atoms with Crippen LogP contribution >= 0.6 is 0 Å². The van der Waals surface area contributed by atoms with Crippen LogP contribution in [0.25, 0.3) is 0 Å². The van der Waals surface area contributed by atoms with Gasteiger partial charge in [-0.05, 0) is 38.8 Å². The molecule has 1 atom stereocenters. The summed E-state index contributed by atoms with van der Waals surface area (Å²) in [5.74, 6) is 1.48. The molecule has 0 spiro atoms. The highest BCUT2D eigenvalue weighted by molar-refractivity contribution is 5.43. The molecule has 0 amide bonds. The molecule has 1 fully saturated rings. The maximum Gasteiger partial charge on any atom is 0.270 e. The second-order valence-corrected chi connectivity index (χ2v) is 5.25. The number of rotatable bonds is 6. The molecule has 1 aromatic carbocycles. The van der Waals surface area contributed by atoms with Gasteiger partial charge in [-0.25, -0.2) is 0 Å². The van der Waals surface area contributed by atoms with Crippen LogP contribution in [-0.2, 0) is 6.54 Å². The van der Waals surface area contributed by atoms with E-state index in [-0.39, 0.29) is 10.6 Å². The summed E-state index contributed by atoms with van der Waals surface area (Å²) in [6.07, 6.45) is 2.58. The van der Waals surface area contributed by atoms with Crippen molar-refractivity contribution in [3.63, 3.8) is 0 Å². The average Bonchev–Trinajstić information content (AvgIpc) is 3.21. The van der Waals surface area contributed by atoms with Gasteiger partial charge < -0.3 is 4.74 Å².